The summed E-state index contributed by atoms with van der Waals surface area (Å²) in [6, 6.07) is 0.136. The largest absolute Gasteiger partial charge is 0.384 e. The fourth-order valence-corrected chi connectivity index (χ4v) is 3.45. The number of anilines is 1. The van der Waals surface area contributed by atoms with Crippen LogP contribution in [0.3, 0.4) is 0 Å². The molecule has 0 aliphatic carbocycles. The van der Waals surface area contributed by atoms with Crippen molar-refractivity contribution >= 4 is 23.4 Å². The molecule has 2 fully saturated rings. The van der Waals surface area contributed by atoms with E-state index < -0.39 is 0 Å². The van der Waals surface area contributed by atoms with E-state index in [9.17, 15) is 4.79 Å². The van der Waals surface area contributed by atoms with Gasteiger partial charge in [0.25, 0.3) is 0 Å². The second-order valence-electron chi connectivity index (χ2n) is 6.01. The molecule has 2 aliphatic heterocycles. The van der Waals surface area contributed by atoms with E-state index in [2.05, 4.69) is 14.9 Å². The third-order valence-electron chi connectivity index (χ3n) is 4.46. The van der Waals surface area contributed by atoms with Gasteiger partial charge in [-0.2, -0.15) is 0 Å². The van der Waals surface area contributed by atoms with Crippen molar-refractivity contribution in [1.82, 2.24) is 19.8 Å². The number of amides is 2. The van der Waals surface area contributed by atoms with Crippen LogP contribution in [0.15, 0.2) is 12.5 Å². The van der Waals surface area contributed by atoms with Crippen LogP contribution in [-0.2, 0) is 4.74 Å². The van der Waals surface area contributed by atoms with E-state index >= 15 is 0 Å². The number of carbonyl (C=O) groups is 1. The van der Waals surface area contributed by atoms with Crippen molar-refractivity contribution in [3.63, 3.8) is 0 Å². The molecule has 0 bridgehead atoms. The second-order valence-corrected chi connectivity index (χ2v) is 6.41. The van der Waals surface area contributed by atoms with Gasteiger partial charge in [-0.25, -0.2) is 14.8 Å². The first-order chi connectivity index (χ1) is 11.2. The standard InChI is InChI=1S/C15H22ClN5O2/c1-23-10-12-2-3-21(9-12)15(22)20-6-4-19(5-7-20)14-13(16)8-17-11-18-14/h8,11-12H,2-7,9-10H2,1H3. The number of hydrogen-bond donors (Lipinski definition) is 0. The average Bonchev–Trinajstić information content (AvgIpc) is 3.04. The molecule has 3 rings (SSSR count). The molecule has 1 aromatic rings. The number of methoxy groups -OCH3 is 1. The summed E-state index contributed by atoms with van der Waals surface area (Å²) < 4.78 is 5.19. The maximum atomic E-state index is 12.6. The van der Waals surface area contributed by atoms with Gasteiger partial charge in [0, 0.05) is 52.3 Å². The zero-order valence-electron chi connectivity index (χ0n) is 13.3. The van der Waals surface area contributed by atoms with Gasteiger partial charge in [-0.3, -0.25) is 0 Å². The monoisotopic (exact) mass is 339 g/mol. The maximum Gasteiger partial charge on any atom is 0.320 e. The number of hydrogen-bond acceptors (Lipinski definition) is 5. The molecule has 2 aliphatic rings. The minimum Gasteiger partial charge on any atom is -0.384 e. The predicted molar refractivity (Wildman–Crippen MR) is 87.8 cm³/mol. The first kappa shape index (κ1) is 16.3. The molecule has 0 radical (unpaired) electrons. The molecule has 3 heterocycles. The normalized spacial score (nSPS) is 21.8. The molecule has 7 nitrogen and oxygen atoms in total. The number of urea groups is 1. The molecule has 2 amide bonds. The minimum absolute atomic E-state index is 0.136. The van der Waals surface area contributed by atoms with Crippen LogP contribution in [0, 0.1) is 5.92 Å². The highest BCUT2D eigenvalue weighted by molar-refractivity contribution is 6.32. The minimum atomic E-state index is 0.136. The highest BCUT2D eigenvalue weighted by Gasteiger charge is 2.31. The second kappa shape index (κ2) is 7.31. The summed E-state index contributed by atoms with van der Waals surface area (Å²) in [5.41, 5.74) is 0. The van der Waals surface area contributed by atoms with Crippen molar-refractivity contribution < 1.29 is 9.53 Å². The van der Waals surface area contributed by atoms with Crippen molar-refractivity contribution in [2.24, 2.45) is 5.92 Å². The average molecular weight is 340 g/mol. The molecule has 1 atom stereocenters. The summed E-state index contributed by atoms with van der Waals surface area (Å²) in [5.74, 6) is 1.21. The summed E-state index contributed by atoms with van der Waals surface area (Å²) in [6.07, 6.45) is 4.12. The Labute approximate surface area is 141 Å². The molecule has 0 spiro atoms. The van der Waals surface area contributed by atoms with E-state index in [0.29, 0.717) is 24.0 Å². The molecule has 126 valence electrons. The number of likely N-dealkylation sites (tertiary alicyclic amines) is 1. The zero-order valence-corrected chi connectivity index (χ0v) is 14.1. The quantitative estimate of drug-likeness (QED) is 0.831. The predicted octanol–water partition coefficient (Wildman–Crippen LogP) is 1.34. The van der Waals surface area contributed by atoms with Crippen LogP contribution in [0.2, 0.25) is 5.02 Å². The number of aromatic nitrogens is 2. The number of ether oxygens (including phenoxy) is 1. The number of carbonyl (C=O) groups excluding carboxylic acids is 1. The van der Waals surface area contributed by atoms with Crippen molar-refractivity contribution in [3.8, 4) is 0 Å². The molecule has 0 N–H and O–H groups in total. The van der Waals surface area contributed by atoms with Crippen LogP contribution >= 0.6 is 11.6 Å². The molecule has 2 saturated heterocycles. The fourth-order valence-electron chi connectivity index (χ4n) is 3.23. The number of halogens is 1. The van der Waals surface area contributed by atoms with Crippen molar-refractivity contribution in [2.45, 2.75) is 6.42 Å². The van der Waals surface area contributed by atoms with E-state index in [0.717, 1.165) is 45.0 Å². The molecular formula is C15H22ClN5O2. The molecular weight excluding hydrogens is 318 g/mol. The van der Waals surface area contributed by atoms with E-state index in [1.807, 2.05) is 9.80 Å². The molecule has 1 unspecified atom stereocenters. The molecule has 1 aromatic heterocycles. The third-order valence-corrected chi connectivity index (χ3v) is 4.72. The van der Waals surface area contributed by atoms with E-state index in [1.165, 1.54) is 6.33 Å². The Hall–Kier alpha value is -1.60. The Bertz CT molecular complexity index is 550. The van der Waals surface area contributed by atoms with Gasteiger partial charge in [-0.05, 0) is 6.42 Å². The van der Waals surface area contributed by atoms with Crippen LogP contribution in [-0.4, -0.2) is 78.8 Å². The smallest absolute Gasteiger partial charge is 0.320 e. The lowest BCUT2D eigenvalue weighted by atomic mass is 10.1. The van der Waals surface area contributed by atoms with E-state index in [4.69, 9.17) is 16.3 Å². The van der Waals surface area contributed by atoms with Gasteiger partial charge in [0.05, 0.1) is 12.8 Å². The Morgan fingerprint density at radius 1 is 1.30 bits per heavy atom. The lowest BCUT2D eigenvalue weighted by molar-refractivity contribution is 0.142. The number of piperazine rings is 1. The summed E-state index contributed by atoms with van der Waals surface area (Å²) in [4.78, 5) is 26.7. The van der Waals surface area contributed by atoms with Crippen molar-refractivity contribution in [2.75, 3.05) is 57.9 Å². The molecule has 0 aromatic carbocycles. The van der Waals surface area contributed by atoms with Crippen molar-refractivity contribution in [3.05, 3.63) is 17.5 Å². The van der Waals surface area contributed by atoms with Gasteiger partial charge in [-0.15, -0.1) is 0 Å². The maximum absolute atomic E-state index is 12.6. The first-order valence-corrected chi connectivity index (χ1v) is 8.30. The van der Waals surface area contributed by atoms with Gasteiger partial charge in [0.2, 0.25) is 0 Å². The topological polar surface area (TPSA) is 61.8 Å². The summed E-state index contributed by atoms with van der Waals surface area (Å²) >= 11 is 6.14. The Balaban J connectivity index is 1.53. The first-order valence-electron chi connectivity index (χ1n) is 7.92. The van der Waals surface area contributed by atoms with E-state index in [1.54, 1.807) is 13.3 Å². The van der Waals surface area contributed by atoms with Crippen LogP contribution in [0.4, 0.5) is 10.6 Å². The van der Waals surface area contributed by atoms with Gasteiger partial charge in [-0.1, -0.05) is 11.6 Å². The van der Waals surface area contributed by atoms with Gasteiger partial charge in [0.15, 0.2) is 5.82 Å². The Morgan fingerprint density at radius 2 is 2.09 bits per heavy atom. The summed E-state index contributed by atoms with van der Waals surface area (Å²) in [5, 5.41) is 0.550. The van der Waals surface area contributed by atoms with Crippen molar-refractivity contribution in [1.29, 1.82) is 0 Å². The van der Waals surface area contributed by atoms with Crippen LogP contribution in [0.5, 0.6) is 0 Å². The Kier molecular flexibility index (Phi) is 5.17. The lowest BCUT2D eigenvalue weighted by Gasteiger charge is -2.37. The summed E-state index contributed by atoms with van der Waals surface area (Å²) in [6.45, 7) is 5.18. The van der Waals surface area contributed by atoms with Gasteiger partial charge < -0.3 is 19.4 Å². The Morgan fingerprint density at radius 3 is 2.78 bits per heavy atom. The zero-order chi connectivity index (χ0) is 16.2. The molecule has 23 heavy (non-hydrogen) atoms. The molecule has 8 heteroatoms. The number of rotatable bonds is 3. The highest BCUT2D eigenvalue weighted by Crippen LogP contribution is 2.23. The SMILES string of the molecule is COCC1CCN(C(=O)N2CCN(c3ncncc3Cl)CC2)C1. The summed E-state index contributed by atoms with van der Waals surface area (Å²) in [7, 11) is 1.71. The lowest BCUT2D eigenvalue weighted by Crippen LogP contribution is -2.52. The van der Waals surface area contributed by atoms with Gasteiger partial charge >= 0.3 is 6.03 Å². The van der Waals surface area contributed by atoms with Crippen LogP contribution in [0.25, 0.3) is 0 Å². The third kappa shape index (κ3) is 3.67. The van der Waals surface area contributed by atoms with E-state index in [-0.39, 0.29) is 6.03 Å². The van der Waals surface area contributed by atoms with Gasteiger partial charge in [0.1, 0.15) is 11.3 Å². The number of nitrogens with zero attached hydrogens (tertiary/aromatic N) is 5. The molecule has 0 saturated carbocycles. The van der Waals surface area contributed by atoms with Crippen LogP contribution < -0.4 is 4.90 Å². The fraction of sp³-hybridized carbons (Fsp3) is 0.667. The highest BCUT2D eigenvalue weighted by atomic mass is 35.5. The van der Waals surface area contributed by atoms with Crippen LogP contribution in [0.1, 0.15) is 6.42 Å².